The topological polar surface area (TPSA) is 0 Å². The monoisotopic (exact) mass is 184 g/mol. The van der Waals surface area contributed by atoms with Crippen LogP contribution in [0.3, 0.4) is 0 Å². The van der Waals surface area contributed by atoms with Gasteiger partial charge in [0.1, 0.15) is 0 Å². The van der Waals surface area contributed by atoms with E-state index >= 15 is 0 Å². The molecule has 0 saturated carbocycles. The zero-order chi connectivity index (χ0) is 8.82. The van der Waals surface area contributed by atoms with Gasteiger partial charge in [0.15, 0.2) is 0 Å². The molecule has 0 aromatic carbocycles. The van der Waals surface area contributed by atoms with Crippen molar-refractivity contribution in [2.24, 2.45) is 0 Å². The summed E-state index contributed by atoms with van der Waals surface area (Å²) in [6.45, 7) is 7.66. The molecule has 0 aromatic rings. The van der Waals surface area contributed by atoms with Crippen molar-refractivity contribution in [3.63, 3.8) is 0 Å². The summed E-state index contributed by atoms with van der Waals surface area (Å²) < 4.78 is 0. The Bertz CT molecular complexity index is 157. The van der Waals surface area contributed by atoms with Crippen LogP contribution in [-0.2, 0) is 0 Å². The summed E-state index contributed by atoms with van der Waals surface area (Å²) in [5.74, 6) is 0. The molecule has 0 radical (unpaired) electrons. The molecule has 0 aliphatic carbocycles. The minimum absolute atomic E-state index is 0.306. The smallest absolute Gasteiger partial charge is 0.0120 e. The van der Waals surface area contributed by atoms with Crippen LogP contribution in [0.1, 0.15) is 52.4 Å². The molecule has 2 heterocycles. The van der Waals surface area contributed by atoms with Gasteiger partial charge in [-0.25, -0.2) is 0 Å². The van der Waals surface area contributed by atoms with Crippen LogP contribution in [0.15, 0.2) is 0 Å². The molecule has 0 atom stereocenters. The molecule has 12 heavy (non-hydrogen) atoms. The fourth-order valence-electron chi connectivity index (χ4n) is 3.27. The van der Waals surface area contributed by atoms with Gasteiger partial charge in [0.25, 0.3) is 0 Å². The fraction of sp³-hybridized carbons (Fsp3) is 1.00. The molecular weight excluding hydrogens is 163 g/mol. The highest BCUT2D eigenvalue weighted by atomic mass is 31.1. The van der Waals surface area contributed by atoms with E-state index in [-0.39, 0.29) is 0 Å². The summed E-state index contributed by atoms with van der Waals surface area (Å²) in [7, 11) is 0.306. The van der Waals surface area contributed by atoms with Crippen LogP contribution < -0.4 is 0 Å². The largest absolute Gasteiger partial charge is 0.0977 e. The van der Waals surface area contributed by atoms with Crippen molar-refractivity contribution in [2.75, 3.05) is 6.66 Å². The average molecular weight is 184 g/mol. The van der Waals surface area contributed by atoms with Crippen molar-refractivity contribution in [1.82, 2.24) is 0 Å². The normalized spacial score (nSPS) is 53.8. The predicted molar refractivity (Wildman–Crippen MR) is 57.4 cm³/mol. The Morgan fingerprint density at radius 3 is 1.42 bits per heavy atom. The molecule has 0 aromatic heterocycles. The summed E-state index contributed by atoms with van der Waals surface area (Å²) in [6, 6.07) is 0. The Kier molecular flexibility index (Phi) is 2.03. The molecule has 2 bridgehead atoms. The van der Waals surface area contributed by atoms with Gasteiger partial charge in [0.05, 0.1) is 0 Å². The summed E-state index contributed by atoms with van der Waals surface area (Å²) in [5.41, 5.74) is 0. The van der Waals surface area contributed by atoms with Gasteiger partial charge in [-0.1, -0.05) is 34.6 Å². The van der Waals surface area contributed by atoms with Crippen LogP contribution in [0.5, 0.6) is 0 Å². The van der Waals surface area contributed by atoms with E-state index in [1.807, 2.05) is 0 Å². The lowest BCUT2D eigenvalue weighted by Crippen LogP contribution is -2.42. The van der Waals surface area contributed by atoms with Crippen molar-refractivity contribution < 1.29 is 0 Å². The molecule has 2 fully saturated rings. The Morgan fingerprint density at radius 1 is 0.833 bits per heavy atom. The first-order valence-electron chi connectivity index (χ1n) is 5.31. The molecular formula is C11H21P. The highest BCUT2D eigenvalue weighted by Gasteiger charge is 2.48. The van der Waals surface area contributed by atoms with E-state index in [1.54, 1.807) is 0 Å². The summed E-state index contributed by atoms with van der Waals surface area (Å²) in [5, 5.41) is 1.53. The SMILES string of the molecule is CP1C2(C)CCCC1(C)CCC2. The minimum atomic E-state index is 0.306. The van der Waals surface area contributed by atoms with Gasteiger partial charge in [0.2, 0.25) is 0 Å². The second kappa shape index (κ2) is 2.71. The second-order valence-electron chi connectivity index (χ2n) is 5.26. The van der Waals surface area contributed by atoms with Gasteiger partial charge in [-0.05, 0) is 42.7 Å². The quantitative estimate of drug-likeness (QED) is 0.499. The van der Waals surface area contributed by atoms with Gasteiger partial charge in [-0.2, -0.15) is 0 Å². The summed E-state index contributed by atoms with van der Waals surface area (Å²) in [4.78, 5) is 0. The van der Waals surface area contributed by atoms with Crippen molar-refractivity contribution in [2.45, 2.75) is 62.7 Å². The third kappa shape index (κ3) is 1.15. The average Bonchev–Trinajstić information content (AvgIpc) is 1.97. The third-order valence-corrected chi connectivity index (χ3v) is 8.61. The van der Waals surface area contributed by atoms with Gasteiger partial charge >= 0.3 is 0 Å². The molecule has 70 valence electrons. The lowest BCUT2D eigenvalue weighted by Gasteiger charge is -2.55. The number of hydrogen-bond acceptors (Lipinski definition) is 0. The maximum absolute atomic E-state index is 2.56. The zero-order valence-electron chi connectivity index (χ0n) is 8.69. The van der Waals surface area contributed by atoms with Crippen LogP contribution in [0.2, 0.25) is 0 Å². The number of hydrogen-bond donors (Lipinski definition) is 0. The van der Waals surface area contributed by atoms with Crippen LogP contribution in [0.4, 0.5) is 0 Å². The van der Waals surface area contributed by atoms with Crippen molar-refractivity contribution >= 4 is 7.92 Å². The molecule has 0 N–H and O–H groups in total. The van der Waals surface area contributed by atoms with E-state index in [9.17, 15) is 0 Å². The lowest BCUT2D eigenvalue weighted by atomic mass is 9.85. The van der Waals surface area contributed by atoms with Crippen LogP contribution in [0, 0.1) is 0 Å². The zero-order valence-corrected chi connectivity index (χ0v) is 9.58. The van der Waals surface area contributed by atoms with E-state index in [4.69, 9.17) is 0 Å². The molecule has 0 unspecified atom stereocenters. The van der Waals surface area contributed by atoms with E-state index in [0.717, 1.165) is 10.3 Å². The maximum atomic E-state index is 2.56. The van der Waals surface area contributed by atoms with Crippen LogP contribution >= 0.6 is 7.92 Å². The van der Waals surface area contributed by atoms with E-state index < -0.39 is 0 Å². The van der Waals surface area contributed by atoms with E-state index in [2.05, 4.69) is 20.5 Å². The highest BCUT2D eigenvalue weighted by molar-refractivity contribution is 7.60. The Hall–Kier alpha value is 0.430. The lowest BCUT2D eigenvalue weighted by molar-refractivity contribution is 0.338. The molecule has 0 nitrogen and oxygen atoms in total. The molecule has 0 spiro atoms. The second-order valence-corrected chi connectivity index (χ2v) is 8.54. The molecule has 2 rings (SSSR count). The van der Waals surface area contributed by atoms with Gasteiger partial charge < -0.3 is 0 Å². The maximum Gasteiger partial charge on any atom is -0.0120 e. The van der Waals surface area contributed by atoms with Crippen molar-refractivity contribution in [3.05, 3.63) is 0 Å². The predicted octanol–water partition coefficient (Wildman–Crippen LogP) is 3.98. The van der Waals surface area contributed by atoms with E-state index in [1.165, 1.54) is 38.5 Å². The Morgan fingerprint density at radius 2 is 1.17 bits per heavy atom. The molecule has 0 amide bonds. The fourth-order valence-corrected chi connectivity index (χ4v) is 6.55. The number of rotatable bonds is 0. The molecule has 1 heteroatoms. The third-order valence-electron chi connectivity index (χ3n) is 4.48. The Balaban J connectivity index is 2.27. The first-order chi connectivity index (χ1) is 5.57. The first kappa shape index (κ1) is 9.00. The summed E-state index contributed by atoms with van der Waals surface area (Å²) in [6.07, 6.45) is 9.07. The van der Waals surface area contributed by atoms with Gasteiger partial charge in [-0.15, -0.1) is 0 Å². The Labute approximate surface area is 77.9 Å². The van der Waals surface area contributed by atoms with Crippen LogP contribution in [-0.4, -0.2) is 17.0 Å². The van der Waals surface area contributed by atoms with Crippen LogP contribution in [0.25, 0.3) is 0 Å². The molecule has 2 saturated heterocycles. The molecule has 2 aliphatic rings. The van der Waals surface area contributed by atoms with Gasteiger partial charge in [0, 0.05) is 0 Å². The standard InChI is InChI=1S/C11H21P/c1-10-6-4-8-11(2,12(10)3)9-5-7-10/h4-9H2,1-3H3. The van der Waals surface area contributed by atoms with E-state index in [0.29, 0.717) is 7.92 Å². The molecule has 2 aliphatic heterocycles. The highest BCUT2D eigenvalue weighted by Crippen LogP contribution is 2.69. The minimum Gasteiger partial charge on any atom is -0.0977 e. The van der Waals surface area contributed by atoms with Crippen molar-refractivity contribution in [3.8, 4) is 0 Å². The number of fused-ring (bicyclic) bond motifs is 2. The van der Waals surface area contributed by atoms with Gasteiger partial charge in [-0.3, -0.25) is 0 Å². The first-order valence-corrected chi connectivity index (χ1v) is 7.10. The van der Waals surface area contributed by atoms with Crippen molar-refractivity contribution in [1.29, 1.82) is 0 Å². The summed E-state index contributed by atoms with van der Waals surface area (Å²) >= 11 is 0.